The lowest BCUT2D eigenvalue weighted by molar-refractivity contribution is 0.0266. The molecule has 174 valence electrons. The highest BCUT2D eigenvalue weighted by molar-refractivity contribution is 6.03. The molecule has 4 nitrogen and oxygen atoms in total. The second kappa shape index (κ2) is 9.16. The first kappa shape index (κ1) is 21.8. The number of esters is 2. The maximum atomic E-state index is 12.6. The number of carbonyl (C=O) groups excluding carboxylic acids is 2. The van der Waals surface area contributed by atoms with Crippen LogP contribution in [-0.4, -0.2) is 25.2 Å². The zero-order valence-electron chi connectivity index (χ0n) is 19.4. The number of fused-ring (bicyclic) bond motifs is 4. The summed E-state index contributed by atoms with van der Waals surface area (Å²) in [6, 6.07) is 35.6. The van der Waals surface area contributed by atoms with Crippen LogP contribution < -0.4 is 0 Å². The number of ether oxygens (including phenoxy) is 2. The van der Waals surface area contributed by atoms with Gasteiger partial charge < -0.3 is 9.47 Å². The SMILES string of the molecule is O=C(OCCOC(=O)c1ccc2cc3ccccc3cc2c1)c1ccc2cc3ccccc3cc2c1. The Hall–Kier alpha value is -4.70. The van der Waals surface area contributed by atoms with Crippen LogP contribution in [0.25, 0.3) is 43.1 Å². The van der Waals surface area contributed by atoms with Crippen molar-refractivity contribution in [1.29, 1.82) is 0 Å². The highest BCUT2D eigenvalue weighted by atomic mass is 16.6. The van der Waals surface area contributed by atoms with Gasteiger partial charge in [-0.3, -0.25) is 0 Å². The van der Waals surface area contributed by atoms with Crippen molar-refractivity contribution in [1.82, 2.24) is 0 Å². The van der Waals surface area contributed by atoms with Crippen molar-refractivity contribution in [2.75, 3.05) is 13.2 Å². The summed E-state index contributed by atoms with van der Waals surface area (Å²) in [5, 5.41) is 8.60. The summed E-state index contributed by atoms with van der Waals surface area (Å²) < 4.78 is 10.7. The molecule has 0 fully saturated rings. The van der Waals surface area contributed by atoms with Gasteiger partial charge in [-0.25, -0.2) is 9.59 Å². The number of benzene rings is 6. The van der Waals surface area contributed by atoms with Crippen LogP contribution in [0.4, 0.5) is 0 Å². The molecule has 0 unspecified atom stereocenters. The van der Waals surface area contributed by atoms with Gasteiger partial charge in [0.05, 0.1) is 11.1 Å². The molecule has 0 aliphatic carbocycles. The molecule has 0 aliphatic rings. The van der Waals surface area contributed by atoms with Crippen molar-refractivity contribution in [3.8, 4) is 0 Å². The standard InChI is InChI=1S/C32H22O4/c33-31(27-11-9-25-15-21-5-1-3-7-23(21)17-29(25)19-27)35-13-14-36-32(34)28-12-10-26-16-22-6-2-4-8-24(22)18-30(26)20-28/h1-12,15-20H,13-14H2. The second-order valence-corrected chi connectivity index (χ2v) is 8.79. The van der Waals surface area contributed by atoms with Gasteiger partial charge in [-0.1, -0.05) is 60.7 Å². The molecular weight excluding hydrogens is 448 g/mol. The predicted octanol–water partition coefficient (Wildman–Crippen LogP) is 7.31. The lowest BCUT2D eigenvalue weighted by atomic mass is 10.0. The molecule has 0 saturated carbocycles. The zero-order chi connectivity index (χ0) is 24.5. The fourth-order valence-electron chi connectivity index (χ4n) is 4.57. The largest absolute Gasteiger partial charge is 0.458 e. The van der Waals surface area contributed by atoms with Gasteiger partial charge in [0.1, 0.15) is 13.2 Å². The molecule has 0 saturated heterocycles. The fraction of sp³-hybridized carbons (Fsp3) is 0.0625. The molecule has 0 radical (unpaired) electrons. The second-order valence-electron chi connectivity index (χ2n) is 8.79. The van der Waals surface area contributed by atoms with Gasteiger partial charge >= 0.3 is 11.9 Å². The highest BCUT2D eigenvalue weighted by Crippen LogP contribution is 2.25. The molecule has 0 N–H and O–H groups in total. The van der Waals surface area contributed by atoms with Gasteiger partial charge in [-0.15, -0.1) is 0 Å². The summed E-state index contributed by atoms with van der Waals surface area (Å²) in [6.45, 7) is -0.0307. The Morgan fingerprint density at radius 1 is 0.417 bits per heavy atom. The van der Waals surface area contributed by atoms with E-state index in [1.165, 1.54) is 0 Å². The molecule has 0 atom stereocenters. The van der Waals surface area contributed by atoms with E-state index in [1.54, 1.807) is 12.1 Å². The summed E-state index contributed by atoms with van der Waals surface area (Å²) in [7, 11) is 0. The van der Waals surface area contributed by atoms with E-state index in [0.29, 0.717) is 11.1 Å². The highest BCUT2D eigenvalue weighted by Gasteiger charge is 2.11. The monoisotopic (exact) mass is 470 g/mol. The summed E-state index contributed by atoms with van der Waals surface area (Å²) in [4.78, 5) is 25.1. The van der Waals surface area contributed by atoms with Crippen molar-refractivity contribution in [3.63, 3.8) is 0 Å². The molecule has 0 bridgehead atoms. The van der Waals surface area contributed by atoms with E-state index in [4.69, 9.17) is 9.47 Å². The smallest absolute Gasteiger partial charge is 0.338 e. The topological polar surface area (TPSA) is 52.6 Å². The van der Waals surface area contributed by atoms with Gasteiger partial charge in [0.2, 0.25) is 0 Å². The molecule has 36 heavy (non-hydrogen) atoms. The van der Waals surface area contributed by atoms with Crippen LogP contribution in [0.5, 0.6) is 0 Å². The minimum Gasteiger partial charge on any atom is -0.458 e. The van der Waals surface area contributed by atoms with Crippen molar-refractivity contribution in [3.05, 3.63) is 120 Å². The average molecular weight is 471 g/mol. The van der Waals surface area contributed by atoms with E-state index in [1.807, 2.05) is 60.7 Å². The Labute approximate surface area is 207 Å². The van der Waals surface area contributed by atoms with E-state index >= 15 is 0 Å². The minimum atomic E-state index is -0.446. The molecular formula is C32H22O4. The van der Waals surface area contributed by atoms with Crippen LogP contribution in [0.3, 0.4) is 0 Å². The van der Waals surface area contributed by atoms with Gasteiger partial charge in [-0.2, -0.15) is 0 Å². The summed E-state index contributed by atoms with van der Waals surface area (Å²) in [6.07, 6.45) is 0. The Bertz CT molecular complexity index is 1650. The molecule has 0 amide bonds. The van der Waals surface area contributed by atoms with Crippen LogP contribution in [0.2, 0.25) is 0 Å². The third kappa shape index (κ3) is 4.25. The van der Waals surface area contributed by atoms with Crippen LogP contribution in [-0.2, 0) is 9.47 Å². The van der Waals surface area contributed by atoms with Gasteiger partial charge in [0.15, 0.2) is 0 Å². The molecule has 6 aromatic carbocycles. The van der Waals surface area contributed by atoms with Gasteiger partial charge in [-0.05, 0) is 91.6 Å². The van der Waals surface area contributed by atoms with E-state index in [0.717, 1.165) is 43.1 Å². The first-order valence-corrected chi connectivity index (χ1v) is 11.8. The Morgan fingerprint density at radius 2 is 0.750 bits per heavy atom. The molecule has 4 heteroatoms. The Balaban J connectivity index is 1.09. The third-order valence-electron chi connectivity index (χ3n) is 6.43. The zero-order valence-corrected chi connectivity index (χ0v) is 19.4. The van der Waals surface area contributed by atoms with E-state index in [2.05, 4.69) is 36.4 Å². The normalized spacial score (nSPS) is 11.2. The quantitative estimate of drug-likeness (QED) is 0.151. The van der Waals surface area contributed by atoms with E-state index in [9.17, 15) is 9.59 Å². The molecule has 6 aromatic rings. The minimum absolute atomic E-state index is 0.0153. The van der Waals surface area contributed by atoms with Crippen LogP contribution in [0.1, 0.15) is 20.7 Å². The molecule has 0 aliphatic heterocycles. The van der Waals surface area contributed by atoms with Gasteiger partial charge in [0, 0.05) is 0 Å². The van der Waals surface area contributed by atoms with Crippen LogP contribution >= 0.6 is 0 Å². The maximum Gasteiger partial charge on any atom is 0.338 e. The maximum absolute atomic E-state index is 12.6. The first-order chi connectivity index (χ1) is 17.6. The van der Waals surface area contributed by atoms with Gasteiger partial charge in [0.25, 0.3) is 0 Å². The average Bonchev–Trinajstić information content (AvgIpc) is 2.92. The lowest BCUT2D eigenvalue weighted by Gasteiger charge is -2.09. The van der Waals surface area contributed by atoms with Crippen molar-refractivity contribution < 1.29 is 19.1 Å². The number of hydrogen-bond acceptors (Lipinski definition) is 4. The van der Waals surface area contributed by atoms with Crippen molar-refractivity contribution in [2.24, 2.45) is 0 Å². The Kier molecular flexibility index (Phi) is 5.55. The van der Waals surface area contributed by atoms with Crippen molar-refractivity contribution >= 4 is 55.0 Å². The number of rotatable bonds is 5. The molecule has 0 spiro atoms. The Morgan fingerprint density at radius 3 is 1.14 bits per heavy atom. The van der Waals surface area contributed by atoms with E-state index < -0.39 is 11.9 Å². The third-order valence-corrected chi connectivity index (χ3v) is 6.43. The van der Waals surface area contributed by atoms with Crippen LogP contribution in [0, 0.1) is 0 Å². The predicted molar refractivity (Wildman–Crippen MR) is 143 cm³/mol. The molecule has 6 rings (SSSR count). The summed E-state index contributed by atoms with van der Waals surface area (Å²) in [5.74, 6) is -0.891. The molecule has 0 aromatic heterocycles. The summed E-state index contributed by atoms with van der Waals surface area (Å²) >= 11 is 0. The fourth-order valence-corrected chi connectivity index (χ4v) is 4.57. The van der Waals surface area contributed by atoms with Crippen molar-refractivity contribution in [2.45, 2.75) is 0 Å². The number of carbonyl (C=O) groups is 2. The van der Waals surface area contributed by atoms with Crippen LogP contribution in [0.15, 0.2) is 109 Å². The summed E-state index contributed by atoms with van der Waals surface area (Å²) in [5.41, 5.74) is 0.928. The number of hydrogen-bond donors (Lipinski definition) is 0. The lowest BCUT2D eigenvalue weighted by Crippen LogP contribution is -2.14. The molecule has 0 heterocycles. The first-order valence-electron chi connectivity index (χ1n) is 11.8. The van der Waals surface area contributed by atoms with E-state index in [-0.39, 0.29) is 13.2 Å².